The maximum absolute atomic E-state index is 14.3. The second kappa shape index (κ2) is 9.48. The molecule has 2 fully saturated rings. The number of amides is 1. The Bertz CT molecular complexity index is 1100. The van der Waals surface area contributed by atoms with Crippen LogP contribution in [-0.4, -0.2) is 50.7 Å². The number of anilines is 1. The third-order valence-electron chi connectivity index (χ3n) is 6.53. The Hall–Kier alpha value is -2.98. The Morgan fingerprint density at radius 2 is 2.15 bits per heavy atom. The molecule has 1 saturated carbocycles. The number of hydrogen-bond donors (Lipinski definition) is 2. The van der Waals surface area contributed by atoms with Gasteiger partial charge in [-0.2, -0.15) is 0 Å². The van der Waals surface area contributed by atoms with Crippen molar-refractivity contribution in [3.05, 3.63) is 53.0 Å². The van der Waals surface area contributed by atoms with Gasteiger partial charge in [-0.15, -0.1) is 21.5 Å². The number of halogens is 1. The van der Waals surface area contributed by atoms with Gasteiger partial charge in [-0.05, 0) is 56.5 Å². The zero-order valence-corrected chi connectivity index (χ0v) is 19.0. The van der Waals surface area contributed by atoms with Crippen LogP contribution in [0.3, 0.4) is 0 Å². The summed E-state index contributed by atoms with van der Waals surface area (Å²) >= 11 is 1.51. The Morgan fingerprint density at radius 3 is 2.82 bits per heavy atom. The molecule has 0 aromatic carbocycles. The monoisotopic (exact) mass is 467 g/mol. The molecule has 172 valence electrons. The lowest BCUT2D eigenvalue weighted by atomic mass is 9.66. The van der Waals surface area contributed by atoms with Gasteiger partial charge < -0.3 is 10.2 Å². The van der Waals surface area contributed by atoms with Crippen molar-refractivity contribution in [2.24, 2.45) is 0 Å². The van der Waals surface area contributed by atoms with E-state index >= 15 is 0 Å². The van der Waals surface area contributed by atoms with Gasteiger partial charge in [-0.1, -0.05) is 6.42 Å². The van der Waals surface area contributed by atoms with Gasteiger partial charge in [0.05, 0.1) is 18.4 Å². The number of carbonyl (C=O) groups is 1. The van der Waals surface area contributed by atoms with Gasteiger partial charge in [0.25, 0.3) is 0 Å². The molecule has 1 atom stereocenters. The van der Waals surface area contributed by atoms with Crippen LogP contribution >= 0.6 is 11.3 Å². The first-order valence-corrected chi connectivity index (χ1v) is 12.1. The molecule has 3 aromatic heterocycles. The number of thiazole rings is 1. The maximum Gasteiger partial charge on any atom is 0.211 e. The minimum absolute atomic E-state index is 0.0942. The third kappa shape index (κ3) is 4.58. The molecule has 0 bridgehead atoms. The summed E-state index contributed by atoms with van der Waals surface area (Å²) in [7, 11) is 0. The molecular formula is C23H26FN7OS. The minimum Gasteiger partial charge on any atom is -0.368 e. The van der Waals surface area contributed by atoms with E-state index in [4.69, 9.17) is 0 Å². The number of nitrogens with one attached hydrogen (secondary N) is 2. The van der Waals surface area contributed by atoms with Crippen LogP contribution in [0.15, 0.2) is 36.7 Å². The number of hydrogen-bond acceptors (Lipinski definition) is 8. The molecule has 1 saturated heterocycles. The lowest BCUT2D eigenvalue weighted by Crippen LogP contribution is -2.42. The van der Waals surface area contributed by atoms with Crippen molar-refractivity contribution in [2.75, 3.05) is 18.4 Å². The van der Waals surface area contributed by atoms with E-state index < -0.39 is 0 Å². The molecule has 0 radical (unpaired) electrons. The topological polar surface area (TPSA) is 95.9 Å². The molecule has 1 amide bonds. The van der Waals surface area contributed by atoms with Gasteiger partial charge in [-0.25, -0.2) is 9.37 Å². The Kier molecular flexibility index (Phi) is 6.28. The summed E-state index contributed by atoms with van der Waals surface area (Å²) in [6.07, 6.45) is 9.34. The molecule has 1 aliphatic carbocycles. The number of rotatable bonds is 9. The molecule has 2 N–H and O–H groups in total. The normalized spacial score (nSPS) is 19.1. The minimum atomic E-state index is -0.297. The predicted octanol–water partition coefficient (Wildman–Crippen LogP) is 3.34. The molecule has 3 aromatic rings. The van der Waals surface area contributed by atoms with Gasteiger partial charge in [-0.3, -0.25) is 15.1 Å². The Labute approximate surface area is 195 Å². The van der Waals surface area contributed by atoms with Gasteiger partial charge in [0, 0.05) is 29.2 Å². The lowest BCUT2D eigenvalue weighted by molar-refractivity contribution is -0.121. The van der Waals surface area contributed by atoms with Gasteiger partial charge in [0.15, 0.2) is 0 Å². The molecular weight excluding hydrogens is 441 g/mol. The molecule has 10 heteroatoms. The van der Waals surface area contributed by atoms with Gasteiger partial charge in [0.2, 0.25) is 6.41 Å². The van der Waals surface area contributed by atoms with Crippen molar-refractivity contribution in [2.45, 2.75) is 50.2 Å². The first-order chi connectivity index (χ1) is 16.2. The average Bonchev–Trinajstić information content (AvgIpc) is 3.51. The molecule has 0 spiro atoms. The zero-order valence-electron chi connectivity index (χ0n) is 18.2. The second-order valence-electron chi connectivity index (χ2n) is 8.65. The van der Waals surface area contributed by atoms with Crippen LogP contribution in [0.1, 0.15) is 42.7 Å². The quantitative estimate of drug-likeness (QED) is 0.466. The van der Waals surface area contributed by atoms with E-state index in [0.717, 1.165) is 54.9 Å². The highest BCUT2D eigenvalue weighted by Gasteiger charge is 2.41. The van der Waals surface area contributed by atoms with E-state index in [1.165, 1.54) is 17.4 Å². The van der Waals surface area contributed by atoms with Crippen molar-refractivity contribution < 1.29 is 9.18 Å². The van der Waals surface area contributed by atoms with Crippen LogP contribution in [0.4, 0.5) is 10.2 Å². The van der Waals surface area contributed by atoms with Crippen molar-refractivity contribution in [1.29, 1.82) is 0 Å². The third-order valence-corrected chi connectivity index (χ3v) is 7.53. The Morgan fingerprint density at radius 1 is 1.24 bits per heavy atom. The van der Waals surface area contributed by atoms with Gasteiger partial charge >= 0.3 is 0 Å². The fourth-order valence-corrected chi connectivity index (χ4v) is 5.41. The smallest absolute Gasteiger partial charge is 0.211 e. The van der Waals surface area contributed by atoms with Crippen LogP contribution in [-0.2, 0) is 16.8 Å². The molecule has 0 unspecified atom stereocenters. The van der Waals surface area contributed by atoms with Crippen LogP contribution in [0.2, 0.25) is 0 Å². The lowest BCUT2D eigenvalue weighted by Gasteiger charge is -2.41. The van der Waals surface area contributed by atoms with E-state index in [1.54, 1.807) is 23.4 Å². The summed E-state index contributed by atoms with van der Waals surface area (Å²) in [4.78, 5) is 23.0. The second-order valence-corrected chi connectivity index (χ2v) is 9.76. The fourth-order valence-electron chi connectivity index (χ4n) is 4.53. The zero-order chi connectivity index (χ0) is 22.7. The average molecular weight is 468 g/mol. The van der Waals surface area contributed by atoms with E-state index in [1.807, 2.05) is 12.1 Å². The SMILES string of the molecule is O=CN(Cc1cnc(-c2ccc(NCC3(c4ncccc4F)CCC3)nn2)s1)[C@@H]1CCCN1. The number of aromatic nitrogens is 4. The number of carbonyl (C=O) groups excluding carboxylic acids is 1. The molecule has 33 heavy (non-hydrogen) atoms. The van der Waals surface area contributed by atoms with Crippen LogP contribution in [0, 0.1) is 5.82 Å². The largest absolute Gasteiger partial charge is 0.368 e. The number of pyridine rings is 1. The van der Waals surface area contributed by atoms with Crippen molar-refractivity contribution in [1.82, 2.24) is 30.4 Å². The van der Waals surface area contributed by atoms with Crippen LogP contribution in [0.25, 0.3) is 10.7 Å². The first-order valence-electron chi connectivity index (χ1n) is 11.2. The van der Waals surface area contributed by atoms with E-state index in [-0.39, 0.29) is 17.4 Å². The fraction of sp³-hybridized carbons (Fsp3) is 0.435. The number of nitrogens with zero attached hydrogens (tertiary/aromatic N) is 5. The summed E-state index contributed by atoms with van der Waals surface area (Å²) in [5.41, 5.74) is 0.914. The van der Waals surface area contributed by atoms with Crippen molar-refractivity contribution in [3.8, 4) is 10.7 Å². The molecule has 8 nitrogen and oxygen atoms in total. The van der Waals surface area contributed by atoms with Crippen LogP contribution in [0.5, 0.6) is 0 Å². The summed E-state index contributed by atoms with van der Waals surface area (Å²) in [6.45, 7) is 2.03. The molecule has 5 rings (SSSR count). The van der Waals surface area contributed by atoms with Gasteiger partial charge in [0.1, 0.15) is 22.3 Å². The van der Waals surface area contributed by atoms with E-state index in [2.05, 4.69) is 30.8 Å². The highest BCUT2D eigenvalue weighted by molar-refractivity contribution is 7.15. The Balaban J connectivity index is 1.22. The summed E-state index contributed by atoms with van der Waals surface area (Å²) in [6, 6.07) is 6.83. The summed E-state index contributed by atoms with van der Waals surface area (Å²) in [5, 5.41) is 16.0. The van der Waals surface area contributed by atoms with E-state index in [0.29, 0.717) is 30.3 Å². The van der Waals surface area contributed by atoms with Crippen molar-refractivity contribution in [3.63, 3.8) is 0 Å². The summed E-state index contributed by atoms with van der Waals surface area (Å²) < 4.78 is 14.3. The molecule has 4 heterocycles. The molecule has 1 aliphatic heterocycles. The highest BCUT2D eigenvalue weighted by Crippen LogP contribution is 2.43. The van der Waals surface area contributed by atoms with Crippen molar-refractivity contribution >= 4 is 23.6 Å². The predicted molar refractivity (Wildman–Crippen MR) is 124 cm³/mol. The molecule has 2 aliphatic rings. The standard InChI is InChI=1S/C23H26FN7OS/c24-17-4-1-11-26-21(17)23(8-3-9-23)14-28-19-7-6-18(29-30-19)22-27-12-16(33-22)13-31(15-32)20-5-2-10-25-20/h1,4,6-7,11-12,15,20,25H,2-3,5,8-10,13-14H2,(H,28,30)/t20-/m1/s1. The maximum atomic E-state index is 14.3. The summed E-state index contributed by atoms with van der Waals surface area (Å²) in [5.74, 6) is 0.384. The van der Waals surface area contributed by atoms with E-state index in [9.17, 15) is 9.18 Å². The highest BCUT2D eigenvalue weighted by atomic mass is 32.1. The van der Waals surface area contributed by atoms with Crippen LogP contribution < -0.4 is 10.6 Å². The first kappa shape index (κ1) is 21.8.